The number of benzene rings is 1. The number of hydrogen-bond acceptors (Lipinski definition) is 5. The molecule has 0 unspecified atom stereocenters. The van der Waals surface area contributed by atoms with E-state index in [1.165, 1.54) is 24.3 Å². The zero-order chi connectivity index (χ0) is 19.6. The van der Waals surface area contributed by atoms with Crippen LogP contribution in [0.3, 0.4) is 0 Å². The molecule has 10 heteroatoms. The Hall–Kier alpha value is -1.71. The summed E-state index contributed by atoms with van der Waals surface area (Å²) in [5.74, 6) is -0.606. The highest BCUT2D eigenvalue weighted by atomic mass is 35.5. The van der Waals surface area contributed by atoms with Gasteiger partial charge in [0.25, 0.3) is 5.91 Å². The molecule has 0 fully saturated rings. The zero-order valence-corrected chi connectivity index (χ0v) is 17.6. The number of halogens is 2. The normalized spacial score (nSPS) is 11.9. The molecule has 2 aromatic heterocycles. The average Bonchev–Trinajstić information content (AvgIpc) is 3.11. The van der Waals surface area contributed by atoms with Crippen LogP contribution in [-0.2, 0) is 16.1 Å². The molecule has 3 aromatic rings. The van der Waals surface area contributed by atoms with Crippen LogP contribution in [0.4, 0.5) is 5.69 Å². The largest absolute Gasteiger partial charge is 0.383 e. The summed E-state index contributed by atoms with van der Waals surface area (Å²) in [6, 6.07) is 7.05. The van der Waals surface area contributed by atoms with Crippen molar-refractivity contribution in [2.45, 2.75) is 13.5 Å². The number of methoxy groups -OCH3 is 1. The monoisotopic (exact) mass is 443 g/mol. The van der Waals surface area contributed by atoms with Crippen molar-refractivity contribution in [2.75, 3.05) is 19.0 Å². The Balaban J connectivity index is 2.10. The van der Waals surface area contributed by atoms with Crippen molar-refractivity contribution in [3.8, 4) is 0 Å². The number of hydrogen-bond donors (Lipinski definition) is 1. The van der Waals surface area contributed by atoms with Gasteiger partial charge in [-0.15, -0.1) is 11.3 Å². The van der Waals surface area contributed by atoms with Crippen molar-refractivity contribution in [3.63, 3.8) is 0 Å². The van der Waals surface area contributed by atoms with Gasteiger partial charge in [-0.2, -0.15) is 4.99 Å². The van der Waals surface area contributed by atoms with E-state index in [0.29, 0.717) is 32.3 Å². The standard InChI is InChI=1S/C17H15Cl2N3O3S2/c1-9(23)20-10-3-4-12-13(7-10)26-17(22(12)5-6-25-2)21-16(24)11-8-14(18)27-15(11)19/h3-4,7-8H,5-6H2,1-2H3,(H,20,23). The Morgan fingerprint density at radius 1 is 1.26 bits per heavy atom. The number of fused-ring (bicyclic) bond motifs is 1. The highest BCUT2D eigenvalue weighted by molar-refractivity contribution is 7.20. The molecule has 1 N–H and O–H groups in total. The molecule has 0 aliphatic carbocycles. The maximum Gasteiger partial charge on any atom is 0.282 e. The molecular formula is C17H15Cl2N3O3S2. The molecule has 0 aliphatic rings. The first kappa shape index (κ1) is 20.0. The molecule has 27 heavy (non-hydrogen) atoms. The van der Waals surface area contributed by atoms with E-state index < -0.39 is 5.91 Å². The van der Waals surface area contributed by atoms with Gasteiger partial charge in [0.15, 0.2) is 4.80 Å². The van der Waals surface area contributed by atoms with E-state index >= 15 is 0 Å². The molecule has 2 amide bonds. The van der Waals surface area contributed by atoms with Crippen molar-refractivity contribution in [1.29, 1.82) is 0 Å². The van der Waals surface area contributed by atoms with Crippen LogP contribution in [0.25, 0.3) is 10.2 Å². The molecule has 142 valence electrons. The van der Waals surface area contributed by atoms with Gasteiger partial charge in [0.05, 0.1) is 26.7 Å². The van der Waals surface area contributed by atoms with E-state index in [4.69, 9.17) is 27.9 Å². The lowest BCUT2D eigenvalue weighted by molar-refractivity contribution is -0.114. The van der Waals surface area contributed by atoms with Gasteiger partial charge in [-0.05, 0) is 24.3 Å². The molecule has 0 saturated heterocycles. The molecule has 1 aromatic carbocycles. The van der Waals surface area contributed by atoms with E-state index in [1.807, 2.05) is 16.7 Å². The number of thiazole rings is 1. The Morgan fingerprint density at radius 2 is 2.04 bits per heavy atom. The van der Waals surface area contributed by atoms with Crippen LogP contribution in [0.1, 0.15) is 17.3 Å². The predicted molar refractivity (Wildman–Crippen MR) is 110 cm³/mol. The van der Waals surface area contributed by atoms with Crippen molar-refractivity contribution in [1.82, 2.24) is 4.57 Å². The third-order valence-electron chi connectivity index (χ3n) is 3.61. The minimum Gasteiger partial charge on any atom is -0.383 e. The molecule has 0 radical (unpaired) electrons. The van der Waals surface area contributed by atoms with E-state index in [0.717, 1.165) is 21.6 Å². The van der Waals surface area contributed by atoms with Crippen LogP contribution in [0.5, 0.6) is 0 Å². The summed E-state index contributed by atoms with van der Waals surface area (Å²) in [4.78, 5) is 28.6. The van der Waals surface area contributed by atoms with Crippen molar-refractivity contribution in [3.05, 3.63) is 43.3 Å². The summed E-state index contributed by atoms with van der Waals surface area (Å²) in [7, 11) is 1.61. The SMILES string of the molecule is COCCn1c(=NC(=O)c2cc(Cl)sc2Cl)sc2cc(NC(C)=O)ccc21. The molecule has 3 rings (SSSR count). The Morgan fingerprint density at radius 3 is 2.67 bits per heavy atom. The van der Waals surface area contributed by atoms with Gasteiger partial charge in [0, 0.05) is 26.3 Å². The lowest BCUT2D eigenvalue weighted by atomic mass is 10.3. The lowest BCUT2D eigenvalue weighted by Crippen LogP contribution is -2.19. The molecule has 0 spiro atoms. The molecule has 0 bridgehead atoms. The van der Waals surface area contributed by atoms with E-state index in [-0.39, 0.29) is 11.5 Å². The number of rotatable bonds is 5. The first-order valence-corrected chi connectivity index (χ1v) is 10.2. The highest BCUT2D eigenvalue weighted by Crippen LogP contribution is 2.31. The number of anilines is 1. The molecule has 0 saturated carbocycles. The van der Waals surface area contributed by atoms with Gasteiger partial charge < -0.3 is 14.6 Å². The number of carbonyl (C=O) groups is 2. The first-order chi connectivity index (χ1) is 12.9. The van der Waals surface area contributed by atoms with Gasteiger partial charge in [0.2, 0.25) is 5.91 Å². The van der Waals surface area contributed by atoms with E-state index in [1.54, 1.807) is 13.2 Å². The Kier molecular flexibility index (Phi) is 6.33. The second-order valence-electron chi connectivity index (χ2n) is 5.55. The van der Waals surface area contributed by atoms with Crippen molar-refractivity contribution >= 4 is 73.6 Å². The maximum atomic E-state index is 12.6. The fourth-order valence-electron chi connectivity index (χ4n) is 2.47. The van der Waals surface area contributed by atoms with Crippen LogP contribution in [-0.4, -0.2) is 30.1 Å². The summed E-state index contributed by atoms with van der Waals surface area (Å²) in [6.45, 7) is 2.44. The predicted octanol–water partition coefficient (Wildman–Crippen LogP) is 4.42. The maximum absolute atomic E-state index is 12.6. The fraction of sp³-hybridized carbons (Fsp3) is 0.235. The van der Waals surface area contributed by atoms with Crippen LogP contribution in [0.15, 0.2) is 29.3 Å². The minimum atomic E-state index is -0.456. The van der Waals surface area contributed by atoms with Gasteiger partial charge in [0.1, 0.15) is 4.34 Å². The number of amides is 2. The summed E-state index contributed by atoms with van der Waals surface area (Å²) in [5, 5.41) is 2.75. The summed E-state index contributed by atoms with van der Waals surface area (Å²) < 4.78 is 8.71. The number of nitrogens with zero attached hydrogens (tertiary/aromatic N) is 2. The van der Waals surface area contributed by atoms with Crippen LogP contribution >= 0.6 is 45.9 Å². The zero-order valence-electron chi connectivity index (χ0n) is 14.4. The van der Waals surface area contributed by atoms with Gasteiger partial charge in [-0.1, -0.05) is 34.5 Å². The van der Waals surface area contributed by atoms with Gasteiger partial charge >= 0.3 is 0 Å². The van der Waals surface area contributed by atoms with Gasteiger partial charge in [-0.25, -0.2) is 0 Å². The number of aromatic nitrogens is 1. The summed E-state index contributed by atoms with van der Waals surface area (Å²) in [6.07, 6.45) is 0. The van der Waals surface area contributed by atoms with Crippen molar-refractivity contribution < 1.29 is 14.3 Å². The molecule has 2 heterocycles. The van der Waals surface area contributed by atoms with Gasteiger partial charge in [-0.3, -0.25) is 9.59 Å². The lowest BCUT2D eigenvalue weighted by Gasteiger charge is -2.05. The molecule has 0 atom stereocenters. The topological polar surface area (TPSA) is 72.7 Å². The second-order valence-corrected chi connectivity index (χ2v) is 8.84. The number of nitrogens with one attached hydrogen (secondary N) is 1. The first-order valence-electron chi connectivity index (χ1n) is 7.83. The Labute approximate surface area is 173 Å². The third-order valence-corrected chi connectivity index (χ3v) is 6.14. The minimum absolute atomic E-state index is 0.151. The van der Waals surface area contributed by atoms with Crippen LogP contribution < -0.4 is 10.1 Å². The summed E-state index contributed by atoms with van der Waals surface area (Å²) >= 11 is 14.5. The highest BCUT2D eigenvalue weighted by Gasteiger charge is 2.15. The number of ether oxygens (including phenoxy) is 1. The third kappa shape index (κ3) is 4.59. The van der Waals surface area contributed by atoms with E-state index in [2.05, 4.69) is 10.3 Å². The number of carbonyl (C=O) groups excluding carboxylic acids is 2. The summed E-state index contributed by atoms with van der Waals surface area (Å²) in [5.41, 5.74) is 1.86. The second kappa shape index (κ2) is 8.53. The van der Waals surface area contributed by atoms with Crippen LogP contribution in [0.2, 0.25) is 8.67 Å². The van der Waals surface area contributed by atoms with Crippen molar-refractivity contribution in [2.24, 2.45) is 4.99 Å². The van der Waals surface area contributed by atoms with Crippen LogP contribution in [0, 0.1) is 0 Å². The molecule has 0 aliphatic heterocycles. The average molecular weight is 444 g/mol. The number of thiophene rings is 1. The fourth-order valence-corrected chi connectivity index (χ4v) is 5.01. The smallest absolute Gasteiger partial charge is 0.282 e. The molecule has 6 nitrogen and oxygen atoms in total. The van der Waals surface area contributed by atoms with E-state index in [9.17, 15) is 9.59 Å². The quantitative estimate of drug-likeness (QED) is 0.634. The molecular weight excluding hydrogens is 429 g/mol. The Bertz CT molecular complexity index is 1080.